The summed E-state index contributed by atoms with van der Waals surface area (Å²) >= 11 is 4.93. The number of nitrogens with zero attached hydrogens (tertiary/aromatic N) is 6. The van der Waals surface area contributed by atoms with Crippen LogP contribution >= 0.6 is 46.4 Å². The number of amides is 2. The average Bonchev–Trinajstić information content (AvgIpc) is 3.47. The molecule has 2 atom stereocenters. The van der Waals surface area contributed by atoms with E-state index in [1.807, 2.05) is 0 Å². The van der Waals surface area contributed by atoms with Crippen LogP contribution in [0.4, 0.5) is 5.13 Å². The van der Waals surface area contributed by atoms with E-state index in [1.165, 1.54) is 46.9 Å². The van der Waals surface area contributed by atoms with Crippen LogP contribution in [-0.4, -0.2) is 90.2 Å². The highest BCUT2D eigenvalue weighted by atomic mass is 32.2. The summed E-state index contributed by atoms with van der Waals surface area (Å²) in [6, 6.07) is -0.950. The summed E-state index contributed by atoms with van der Waals surface area (Å²) in [6.45, 7) is 0.344. The van der Waals surface area contributed by atoms with Gasteiger partial charge in [-0.05, 0) is 5.57 Å². The number of carbonyl (C=O) groups excluding carboxylic acids is 2. The monoisotopic (exact) mass is 558 g/mol. The maximum absolute atomic E-state index is 12.9. The summed E-state index contributed by atoms with van der Waals surface area (Å²) in [7, 11) is 2.81. The van der Waals surface area contributed by atoms with Gasteiger partial charge in [0.15, 0.2) is 9.47 Å². The lowest BCUT2D eigenvalue weighted by molar-refractivity contribution is -0.150. The van der Waals surface area contributed by atoms with Gasteiger partial charge in [0.2, 0.25) is 11.5 Å². The summed E-state index contributed by atoms with van der Waals surface area (Å²) in [5, 5.41) is 24.4. The molecule has 0 saturated carbocycles. The van der Waals surface area contributed by atoms with Crippen molar-refractivity contribution in [2.24, 2.45) is 5.16 Å². The zero-order valence-corrected chi connectivity index (χ0v) is 21.4. The number of oxime groups is 1. The van der Waals surface area contributed by atoms with Crippen LogP contribution in [0.2, 0.25) is 0 Å². The molecule has 14 nitrogen and oxygen atoms in total. The predicted molar refractivity (Wildman–Crippen MR) is 129 cm³/mol. The maximum atomic E-state index is 12.9. The molecule has 4 N–H and O–H groups in total. The van der Waals surface area contributed by atoms with E-state index in [9.17, 15) is 19.5 Å². The van der Waals surface area contributed by atoms with E-state index in [4.69, 9.17) is 15.3 Å². The Morgan fingerprint density at radius 1 is 1.37 bits per heavy atom. The first-order valence-electron chi connectivity index (χ1n) is 9.69. The van der Waals surface area contributed by atoms with Gasteiger partial charge in [-0.15, -0.1) is 22.0 Å². The van der Waals surface area contributed by atoms with Gasteiger partial charge in [0.1, 0.15) is 29.2 Å². The van der Waals surface area contributed by atoms with Gasteiger partial charge < -0.3 is 25.7 Å². The van der Waals surface area contributed by atoms with Crippen LogP contribution in [0.1, 0.15) is 10.8 Å². The zero-order chi connectivity index (χ0) is 25.1. The number of carboxylic acid groups (broad SMARTS) is 1. The van der Waals surface area contributed by atoms with Gasteiger partial charge in [0.25, 0.3) is 11.8 Å². The number of carbonyl (C=O) groups is 3. The van der Waals surface area contributed by atoms with E-state index in [0.29, 0.717) is 33.0 Å². The van der Waals surface area contributed by atoms with Gasteiger partial charge >= 0.3 is 5.97 Å². The van der Waals surface area contributed by atoms with Crippen LogP contribution < -0.4 is 11.1 Å². The zero-order valence-electron chi connectivity index (χ0n) is 18.2. The average molecular weight is 559 g/mol. The number of carboxylic acids is 1. The molecule has 35 heavy (non-hydrogen) atoms. The number of aliphatic carboxylic acids is 1. The first-order chi connectivity index (χ1) is 16.8. The SMILES string of the molecule is COCc1nnc(SCC2=C(C(=O)O)N3C(=O)C(NC(=O)/C(=N/OC)c4nsc(N)n4)[C@H]3SC2)s1. The molecular weight excluding hydrogens is 541 g/mol. The lowest BCUT2D eigenvalue weighted by atomic mass is 10.0. The molecule has 1 saturated heterocycles. The van der Waals surface area contributed by atoms with Gasteiger partial charge in [0, 0.05) is 30.1 Å². The Kier molecular flexibility index (Phi) is 7.85. The van der Waals surface area contributed by atoms with Gasteiger partial charge in [-0.2, -0.15) is 9.36 Å². The Balaban J connectivity index is 1.46. The fraction of sp³-hybridized carbons (Fsp3) is 0.412. The molecule has 0 aromatic carbocycles. The second-order valence-corrected chi connectivity index (χ2v) is 11.1. The lowest BCUT2D eigenvalue weighted by Crippen LogP contribution is -2.71. The molecule has 0 radical (unpaired) electrons. The lowest BCUT2D eigenvalue weighted by Gasteiger charge is -2.49. The van der Waals surface area contributed by atoms with Crippen LogP contribution in [-0.2, 0) is 30.6 Å². The van der Waals surface area contributed by atoms with Crippen LogP contribution in [0.3, 0.4) is 0 Å². The Hall–Kier alpha value is -2.80. The summed E-state index contributed by atoms with van der Waals surface area (Å²) in [6.07, 6.45) is 0. The normalized spacial score (nSPS) is 19.9. The minimum absolute atomic E-state index is 0.0393. The van der Waals surface area contributed by atoms with Crippen LogP contribution in [0.15, 0.2) is 20.8 Å². The molecule has 0 aliphatic carbocycles. The van der Waals surface area contributed by atoms with Crippen molar-refractivity contribution in [1.29, 1.82) is 0 Å². The van der Waals surface area contributed by atoms with Crippen molar-refractivity contribution >= 4 is 75.0 Å². The van der Waals surface area contributed by atoms with Crippen LogP contribution in [0.5, 0.6) is 0 Å². The molecule has 2 aliphatic rings. The van der Waals surface area contributed by atoms with Crippen molar-refractivity contribution in [3.63, 3.8) is 0 Å². The first-order valence-corrected chi connectivity index (χ1v) is 13.3. The third-order valence-electron chi connectivity index (χ3n) is 4.67. The van der Waals surface area contributed by atoms with E-state index in [2.05, 4.69) is 30.0 Å². The molecule has 18 heteroatoms. The Morgan fingerprint density at radius 3 is 2.83 bits per heavy atom. The van der Waals surface area contributed by atoms with Crippen molar-refractivity contribution in [2.45, 2.75) is 22.4 Å². The highest BCUT2D eigenvalue weighted by Gasteiger charge is 2.54. The molecule has 1 fully saturated rings. The highest BCUT2D eigenvalue weighted by Crippen LogP contribution is 2.41. The van der Waals surface area contributed by atoms with E-state index in [1.54, 1.807) is 7.11 Å². The molecule has 186 valence electrons. The van der Waals surface area contributed by atoms with Gasteiger partial charge in [-0.25, -0.2) is 4.79 Å². The quantitative estimate of drug-likeness (QED) is 0.153. The van der Waals surface area contributed by atoms with Crippen molar-refractivity contribution in [2.75, 3.05) is 31.5 Å². The number of methoxy groups -OCH3 is 1. The fourth-order valence-corrected chi connectivity index (χ4v) is 7.03. The van der Waals surface area contributed by atoms with E-state index in [-0.39, 0.29) is 22.4 Å². The van der Waals surface area contributed by atoms with Crippen LogP contribution in [0.25, 0.3) is 0 Å². The summed E-state index contributed by atoms with van der Waals surface area (Å²) < 4.78 is 9.64. The number of anilines is 1. The van der Waals surface area contributed by atoms with E-state index >= 15 is 0 Å². The topological polar surface area (TPSA) is 195 Å². The second-order valence-electron chi connectivity index (χ2n) is 6.88. The number of nitrogens with two attached hydrogens (primary N) is 1. The number of aromatic nitrogens is 4. The number of ether oxygens (including phenoxy) is 1. The minimum atomic E-state index is -1.22. The molecular formula is C17H18N8O6S4. The molecule has 1 unspecified atom stereocenters. The number of nitrogens with one attached hydrogen (secondary N) is 1. The smallest absolute Gasteiger partial charge is 0.352 e. The third-order valence-corrected chi connectivity index (χ3v) is 8.67. The van der Waals surface area contributed by atoms with Crippen molar-refractivity contribution in [1.82, 2.24) is 29.8 Å². The van der Waals surface area contributed by atoms with E-state index < -0.39 is 29.2 Å². The molecule has 2 aliphatic heterocycles. The second kappa shape index (κ2) is 10.9. The molecule has 0 bridgehead atoms. The number of β-lactam (4-membered cyclic amide) rings is 1. The molecule has 0 spiro atoms. The first kappa shape index (κ1) is 25.3. The van der Waals surface area contributed by atoms with Gasteiger partial charge in [0.05, 0.1) is 6.61 Å². The number of fused-ring (bicyclic) bond motifs is 1. The molecule has 2 amide bonds. The minimum Gasteiger partial charge on any atom is -0.477 e. The molecule has 4 heterocycles. The maximum Gasteiger partial charge on any atom is 0.352 e. The van der Waals surface area contributed by atoms with Crippen molar-refractivity contribution < 1.29 is 29.1 Å². The predicted octanol–water partition coefficient (Wildman–Crippen LogP) is -0.000400. The van der Waals surface area contributed by atoms with Gasteiger partial charge in [-0.1, -0.05) is 28.3 Å². The third kappa shape index (κ3) is 5.25. The molecule has 4 rings (SSSR count). The van der Waals surface area contributed by atoms with E-state index in [0.717, 1.165) is 11.5 Å². The van der Waals surface area contributed by atoms with Crippen molar-refractivity contribution in [3.8, 4) is 0 Å². The number of hydrogen-bond acceptors (Lipinski definition) is 15. The summed E-state index contributed by atoms with van der Waals surface area (Å²) in [5.74, 6) is -1.86. The largest absolute Gasteiger partial charge is 0.477 e. The fourth-order valence-electron chi connectivity index (χ4n) is 3.24. The molecule has 2 aromatic heterocycles. The van der Waals surface area contributed by atoms with Gasteiger partial charge in [-0.3, -0.25) is 14.5 Å². The standard InChI is InChI=1S/C17H18N8O6S4/c1-30-3-7-21-22-17(34-7)33-5-6-4-32-14-9(13(27)25(14)10(6)15(28)29)19-12(26)8(23-31-2)11-20-16(18)35-24-11/h9,14H,3-5H2,1-2H3,(H,19,26)(H,28,29)(H2,18,20,24)/b23-8+/t9?,14-/m1/s1. The Morgan fingerprint density at radius 2 is 2.17 bits per heavy atom. The number of nitrogen functional groups attached to an aromatic ring is 1. The number of thioether (sulfide) groups is 2. The number of rotatable bonds is 10. The van der Waals surface area contributed by atoms with Crippen LogP contribution in [0, 0.1) is 0 Å². The molecule has 2 aromatic rings. The summed E-state index contributed by atoms with van der Waals surface area (Å²) in [4.78, 5) is 47.5. The Labute approximate surface area is 214 Å². The Bertz CT molecular complexity index is 1210. The summed E-state index contributed by atoms with van der Waals surface area (Å²) in [5.41, 5.74) is 5.82. The van der Waals surface area contributed by atoms with Crippen molar-refractivity contribution in [3.05, 3.63) is 22.1 Å². The highest BCUT2D eigenvalue weighted by molar-refractivity contribution is 8.01. The number of hydrogen-bond donors (Lipinski definition) is 3.